The number of halogens is 1. The minimum atomic E-state index is -0.135. The average molecular weight is 342 g/mol. The Morgan fingerprint density at radius 1 is 1.42 bits per heavy atom. The van der Waals surface area contributed by atoms with Gasteiger partial charge >= 0.3 is 0 Å². The zero-order valence-corrected chi connectivity index (χ0v) is 13.7. The molecule has 1 N–H and O–H groups in total. The van der Waals surface area contributed by atoms with Gasteiger partial charge in [-0.2, -0.15) is 5.26 Å². The Balaban J connectivity index is 1.72. The highest BCUT2D eigenvalue weighted by atomic mass is 35.5. The number of hydrogen-bond acceptors (Lipinski definition) is 5. The molecule has 0 aliphatic carbocycles. The van der Waals surface area contributed by atoms with Crippen LogP contribution in [0.5, 0.6) is 0 Å². The van der Waals surface area contributed by atoms with Crippen LogP contribution in [0, 0.1) is 11.3 Å². The minimum Gasteiger partial charge on any atom is -0.371 e. The molecular formula is C18H16ClN3O2. The smallest absolute Gasteiger partial charge is 0.185 e. The number of pyridine rings is 1. The summed E-state index contributed by atoms with van der Waals surface area (Å²) in [5.41, 5.74) is 2.50. The number of aromatic nitrogens is 1. The third kappa shape index (κ3) is 3.80. The third-order valence-electron chi connectivity index (χ3n) is 3.91. The summed E-state index contributed by atoms with van der Waals surface area (Å²) in [7, 11) is 0. The fraction of sp³-hybridized carbons (Fsp3) is 0.278. The van der Waals surface area contributed by atoms with E-state index in [0.717, 1.165) is 24.2 Å². The van der Waals surface area contributed by atoms with Crippen LogP contribution < -0.4 is 5.32 Å². The van der Waals surface area contributed by atoms with Crippen LogP contribution in [0.15, 0.2) is 36.5 Å². The number of Topliss-reactive ketones (excluding diaryl/α,β-unsaturated/α-hetero) is 1. The van der Waals surface area contributed by atoms with Crippen molar-refractivity contribution >= 4 is 17.4 Å². The van der Waals surface area contributed by atoms with Crippen molar-refractivity contribution < 1.29 is 9.53 Å². The number of hydrogen-bond donors (Lipinski definition) is 1. The number of carbonyl (C=O) groups is 1. The van der Waals surface area contributed by atoms with Gasteiger partial charge in [0.15, 0.2) is 5.78 Å². The van der Waals surface area contributed by atoms with E-state index in [2.05, 4.69) is 10.3 Å². The number of benzene rings is 1. The number of rotatable bonds is 4. The Hall–Kier alpha value is -2.26. The van der Waals surface area contributed by atoms with Gasteiger partial charge in [-0.15, -0.1) is 0 Å². The van der Waals surface area contributed by atoms with Crippen LogP contribution in [-0.2, 0) is 11.2 Å². The number of nitrogens with one attached hydrogen (secondary N) is 1. The van der Waals surface area contributed by atoms with Gasteiger partial charge in [-0.25, -0.2) is 0 Å². The minimum absolute atomic E-state index is 0.0128. The lowest BCUT2D eigenvalue weighted by Gasteiger charge is -2.24. The monoisotopic (exact) mass is 341 g/mol. The summed E-state index contributed by atoms with van der Waals surface area (Å²) in [5.74, 6) is -0.135. The lowest BCUT2D eigenvalue weighted by atomic mass is 10.0. The van der Waals surface area contributed by atoms with Gasteiger partial charge in [0.1, 0.15) is 11.8 Å². The lowest BCUT2D eigenvalue weighted by Crippen LogP contribution is -2.33. The van der Waals surface area contributed by atoms with Gasteiger partial charge in [0, 0.05) is 30.7 Å². The first-order valence-corrected chi connectivity index (χ1v) is 8.05. The summed E-state index contributed by atoms with van der Waals surface area (Å²) >= 11 is 6.34. The SMILES string of the molecule is N#Cc1ccc(C(=O)Cc2ccc([C@@H]3CNCCO3)cc2Cl)nc1. The second kappa shape index (κ2) is 7.54. The highest BCUT2D eigenvalue weighted by molar-refractivity contribution is 6.31. The van der Waals surface area contributed by atoms with Crippen molar-refractivity contribution in [3.05, 3.63) is 63.9 Å². The number of morpholine rings is 1. The molecule has 2 heterocycles. The Labute approximate surface area is 145 Å². The molecule has 0 unspecified atom stereocenters. The van der Waals surface area contributed by atoms with Crippen LogP contribution in [0.3, 0.4) is 0 Å². The molecule has 0 saturated carbocycles. The zero-order valence-electron chi connectivity index (χ0n) is 13.0. The normalized spacial score (nSPS) is 17.2. The van der Waals surface area contributed by atoms with Gasteiger partial charge in [-0.05, 0) is 29.3 Å². The topological polar surface area (TPSA) is 75.0 Å². The molecule has 24 heavy (non-hydrogen) atoms. The Bertz CT molecular complexity index is 778. The van der Waals surface area contributed by atoms with E-state index in [-0.39, 0.29) is 18.3 Å². The van der Waals surface area contributed by atoms with Crippen molar-refractivity contribution in [3.63, 3.8) is 0 Å². The first-order chi connectivity index (χ1) is 11.7. The Kier molecular flexibility index (Phi) is 5.21. The molecule has 1 aliphatic heterocycles. The first kappa shape index (κ1) is 16.6. The van der Waals surface area contributed by atoms with E-state index >= 15 is 0 Å². The van der Waals surface area contributed by atoms with E-state index in [1.807, 2.05) is 24.3 Å². The molecule has 2 aromatic rings. The van der Waals surface area contributed by atoms with E-state index in [4.69, 9.17) is 21.6 Å². The maximum atomic E-state index is 12.3. The third-order valence-corrected chi connectivity index (χ3v) is 4.26. The van der Waals surface area contributed by atoms with Crippen LogP contribution in [0.2, 0.25) is 5.02 Å². The summed E-state index contributed by atoms with van der Waals surface area (Å²) in [6, 6.07) is 10.8. The van der Waals surface area contributed by atoms with E-state index in [1.165, 1.54) is 6.20 Å². The number of nitriles is 1. The van der Waals surface area contributed by atoms with Crippen LogP contribution >= 0.6 is 11.6 Å². The number of nitrogens with zero attached hydrogens (tertiary/aromatic N) is 2. The first-order valence-electron chi connectivity index (χ1n) is 7.67. The fourth-order valence-corrected chi connectivity index (χ4v) is 2.83. The van der Waals surface area contributed by atoms with E-state index in [0.29, 0.717) is 22.9 Å². The molecule has 6 heteroatoms. The van der Waals surface area contributed by atoms with Crippen molar-refractivity contribution in [1.29, 1.82) is 5.26 Å². The zero-order chi connectivity index (χ0) is 16.9. The highest BCUT2D eigenvalue weighted by Gasteiger charge is 2.18. The van der Waals surface area contributed by atoms with Gasteiger partial charge in [0.05, 0.1) is 18.3 Å². The highest BCUT2D eigenvalue weighted by Crippen LogP contribution is 2.25. The number of ketones is 1. The molecule has 1 aliphatic rings. The van der Waals surface area contributed by atoms with Gasteiger partial charge < -0.3 is 10.1 Å². The van der Waals surface area contributed by atoms with Crippen LogP contribution in [0.25, 0.3) is 0 Å². The molecule has 1 fully saturated rings. The molecule has 1 aromatic heterocycles. The van der Waals surface area contributed by atoms with Crippen molar-refractivity contribution in [2.75, 3.05) is 19.7 Å². The van der Waals surface area contributed by atoms with Crippen molar-refractivity contribution in [2.24, 2.45) is 0 Å². The van der Waals surface area contributed by atoms with Crippen molar-refractivity contribution in [2.45, 2.75) is 12.5 Å². The molecule has 1 aromatic carbocycles. The predicted octanol–water partition coefficient (Wildman–Crippen LogP) is 2.69. The Morgan fingerprint density at radius 3 is 2.92 bits per heavy atom. The van der Waals surface area contributed by atoms with Crippen LogP contribution in [-0.4, -0.2) is 30.5 Å². The second-order valence-corrected chi connectivity index (χ2v) is 5.97. The maximum Gasteiger partial charge on any atom is 0.185 e. The Morgan fingerprint density at radius 2 is 2.29 bits per heavy atom. The van der Waals surface area contributed by atoms with E-state index < -0.39 is 0 Å². The van der Waals surface area contributed by atoms with Gasteiger partial charge in [-0.1, -0.05) is 23.7 Å². The molecule has 3 rings (SSSR count). The lowest BCUT2D eigenvalue weighted by molar-refractivity contribution is 0.0277. The van der Waals surface area contributed by atoms with Gasteiger partial charge in [0.25, 0.3) is 0 Å². The van der Waals surface area contributed by atoms with Crippen LogP contribution in [0.4, 0.5) is 0 Å². The standard InChI is InChI=1S/C18H16ClN3O2/c19-15-7-14(18-11-21-5-6-24-18)3-2-13(15)8-17(23)16-4-1-12(9-20)10-22-16/h1-4,7,10,18,21H,5-6,8,11H2/t18-/m0/s1. The number of ether oxygens (including phenoxy) is 1. The van der Waals surface area contributed by atoms with Gasteiger partial charge in [0.2, 0.25) is 0 Å². The molecule has 1 saturated heterocycles. The summed E-state index contributed by atoms with van der Waals surface area (Å²) in [4.78, 5) is 16.3. The largest absolute Gasteiger partial charge is 0.371 e. The fourth-order valence-electron chi connectivity index (χ4n) is 2.58. The average Bonchev–Trinajstić information content (AvgIpc) is 2.64. The second-order valence-electron chi connectivity index (χ2n) is 5.56. The van der Waals surface area contributed by atoms with Crippen molar-refractivity contribution in [1.82, 2.24) is 10.3 Å². The van der Waals surface area contributed by atoms with Crippen molar-refractivity contribution in [3.8, 4) is 6.07 Å². The number of carbonyl (C=O) groups excluding carboxylic acids is 1. The molecule has 5 nitrogen and oxygen atoms in total. The molecule has 0 spiro atoms. The molecule has 1 atom stereocenters. The molecule has 0 radical (unpaired) electrons. The molecule has 0 bridgehead atoms. The van der Waals surface area contributed by atoms with E-state index in [9.17, 15) is 4.79 Å². The van der Waals surface area contributed by atoms with Gasteiger partial charge in [-0.3, -0.25) is 9.78 Å². The molecular weight excluding hydrogens is 326 g/mol. The summed E-state index contributed by atoms with van der Waals surface area (Å²) in [6.07, 6.45) is 1.55. The summed E-state index contributed by atoms with van der Waals surface area (Å²) < 4.78 is 5.71. The van der Waals surface area contributed by atoms with E-state index in [1.54, 1.807) is 12.1 Å². The molecule has 122 valence electrons. The quantitative estimate of drug-likeness (QED) is 0.865. The summed E-state index contributed by atoms with van der Waals surface area (Å²) in [6.45, 7) is 2.28. The molecule has 0 amide bonds. The predicted molar refractivity (Wildman–Crippen MR) is 90.0 cm³/mol. The summed E-state index contributed by atoms with van der Waals surface area (Å²) in [5, 5.41) is 12.6. The maximum absolute atomic E-state index is 12.3. The van der Waals surface area contributed by atoms with Crippen LogP contribution in [0.1, 0.15) is 33.3 Å².